The summed E-state index contributed by atoms with van der Waals surface area (Å²) in [6, 6.07) is 5.41. The van der Waals surface area contributed by atoms with Gasteiger partial charge < -0.3 is 9.84 Å². The lowest BCUT2D eigenvalue weighted by Crippen LogP contribution is -2.00. The van der Waals surface area contributed by atoms with Gasteiger partial charge in [-0.05, 0) is 42.5 Å². The van der Waals surface area contributed by atoms with Crippen LogP contribution in [0.2, 0.25) is 5.02 Å². The molecule has 1 aromatic rings. The first-order valence-electron chi connectivity index (χ1n) is 5.83. The average molecular weight is 275 g/mol. The molecule has 4 heteroatoms. The van der Waals surface area contributed by atoms with Gasteiger partial charge in [0.2, 0.25) is 0 Å². The highest BCUT2D eigenvalue weighted by atomic mass is 35.5. The molecule has 0 aliphatic heterocycles. The molecule has 2 nitrogen and oxygen atoms in total. The van der Waals surface area contributed by atoms with Gasteiger partial charge in [-0.2, -0.15) is 11.8 Å². The predicted molar refractivity (Wildman–Crippen MR) is 75.2 cm³/mol. The summed E-state index contributed by atoms with van der Waals surface area (Å²) in [5, 5.41) is 9.97. The van der Waals surface area contributed by atoms with Crippen molar-refractivity contribution in [3.05, 3.63) is 28.8 Å². The van der Waals surface area contributed by atoms with Crippen LogP contribution in [-0.4, -0.2) is 23.2 Å². The Balaban J connectivity index is 2.43. The summed E-state index contributed by atoms with van der Waals surface area (Å²) >= 11 is 7.98. The van der Waals surface area contributed by atoms with E-state index in [0.29, 0.717) is 17.4 Å². The minimum absolute atomic E-state index is 0.498. The average Bonchev–Trinajstić information content (AvgIpc) is 2.30. The maximum atomic E-state index is 9.41. The second-order valence-electron chi connectivity index (χ2n) is 3.76. The first kappa shape index (κ1) is 14.7. The predicted octanol–water partition coefficient (Wildman–Crippen LogP) is 3.92. The van der Waals surface area contributed by atoms with Gasteiger partial charge in [0.15, 0.2) is 0 Å². The fraction of sp³-hybridized carbons (Fsp3) is 0.538. The van der Waals surface area contributed by atoms with Crippen LogP contribution in [0.25, 0.3) is 0 Å². The van der Waals surface area contributed by atoms with Crippen LogP contribution in [0.1, 0.15) is 31.9 Å². The van der Waals surface area contributed by atoms with Gasteiger partial charge in [-0.3, -0.25) is 0 Å². The van der Waals surface area contributed by atoms with Gasteiger partial charge in [0.1, 0.15) is 5.75 Å². The molecular weight excluding hydrogens is 256 g/mol. The second-order valence-corrected chi connectivity index (χ2v) is 5.57. The second kappa shape index (κ2) is 7.85. The van der Waals surface area contributed by atoms with Crippen molar-refractivity contribution in [2.45, 2.75) is 26.4 Å². The molecule has 0 heterocycles. The van der Waals surface area contributed by atoms with E-state index in [9.17, 15) is 5.11 Å². The number of hydrogen-bond donors (Lipinski definition) is 1. The van der Waals surface area contributed by atoms with E-state index in [0.717, 1.165) is 23.5 Å². The number of ether oxygens (including phenoxy) is 1. The van der Waals surface area contributed by atoms with Crippen molar-refractivity contribution in [2.24, 2.45) is 0 Å². The van der Waals surface area contributed by atoms with Crippen LogP contribution in [0.4, 0.5) is 0 Å². The zero-order valence-corrected chi connectivity index (χ0v) is 11.9. The van der Waals surface area contributed by atoms with Crippen molar-refractivity contribution >= 4 is 23.4 Å². The van der Waals surface area contributed by atoms with Crippen LogP contribution in [0.5, 0.6) is 5.75 Å². The molecule has 0 aliphatic rings. The van der Waals surface area contributed by atoms with Gasteiger partial charge >= 0.3 is 0 Å². The molecule has 0 saturated heterocycles. The Morgan fingerprint density at radius 2 is 2.24 bits per heavy atom. The third-order valence-electron chi connectivity index (χ3n) is 2.33. The number of halogens is 1. The normalized spacial score (nSPS) is 12.5. The van der Waals surface area contributed by atoms with Crippen molar-refractivity contribution in [1.29, 1.82) is 0 Å². The Labute approximate surface area is 112 Å². The first-order valence-corrected chi connectivity index (χ1v) is 7.36. The molecule has 17 heavy (non-hydrogen) atoms. The summed E-state index contributed by atoms with van der Waals surface area (Å²) in [6.07, 6.45) is 0.523. The SMILES string of the molecule is CCSCCCOc1ccc([C@@H](C)O)cc1Cl. The Morgan fingerprint density at radius 1 is 1.47 bits per heavy atom. The quantitative estimate of drug-likeness (QED) is 0.765. The van der Waals surface area contributed by atoms with E-state index in [1.165, 1.54) is 0 Å². The highest BCUT2D eigenvalue weighted by Gasteiger charge is 2.06. The lowest BCUT2D eigenvalue weighted by molar-refractivity contribution is 0.199. The number of hydrogen-bond acceptors (Lipinski definition) is 3. The van der Waals surface area contributed by atoms with Crippen molar-refractivity contribution in [2.75, 3.05) is 18.1 Å². The molecule has 1 aromatic carbocycles. The van der Waals surface area contributed by atoms with Crippen molar-refractivity contribution in [3.8, 4) is 5.75 Å². The molecule has 0 amide bonds. The summed E-state index contributed by atoms with van der Waals surface area (Å²) in [5.74, 6) is 2.95. The fourth-order valence-electron chi connectivity index (χ4n) is 1.38. The summed E-state index contributed by atoms with van der Waals surface area (Å²) in [6.45, 7) is 4.55. The summed E-state index contributed by atoms with van der Waals surface area (Å²) in [4.78, 5) is 0. The molecule has 0 saturated carbocycles. The Kier molecular flexibility index (Phi) is 6.78. The Bertz CT molecular complexity index is 342. The molecule has 0 aliphatic carbocycles. The highest BCUT2D eigenvalue weighted by molar-refractivity contribution is 7.99. The summed E-state index contributed by atoms with van der Waals surface area (Å²) in [7, 11) is 0. The molecule has 0 radical (unpaired) electrons. The van der Waals surface area contributed by atoms with E-state index >= 15 is 0 Å². The van der Waals surface area contributed by atoms with E-state index < -0.39 is 6.10 Å². The summed E-state index contributed by atoms with van der Waals surface area (Å²) in [5.41, 5.74) is 0.809. The molecule has 96 valence electrons. The van der Waals surface area contributed by atoms with Crippen LogP contribution in [0.3, 0.4) is 0 Å². The van der Waals surface area contributed by atoms with Gasteiger partial charge in [-0.15, -0.1) is 0 Å². The van der Waals surface area contributed by atoms with Gasteiger partial charge in [-0.1, -0.05) is 24.6 Å². The number of rotatable bonds is 7. The maximum absolute atomic E-state index is 9.41. The van der Waals surface area contributed by atoms with Crippen LogP contribution in [0, 0.1) is 0 Å². The number of aliphatic hydroxyl groups is 1. The van der Waals surface area contributed by atoms with E-state index in [1.807, 2.05) is 23.9 Å². The topological polar surface area (TPSA) is 29.5 Å². The van der Waals surface area contributed by atoms with Gasteiger partial charge in [0.25, 0.3) is 0 Å². The largest absolute Gasteiger partial charge is 0.492 e. The van der Waals surface area contributed by atoms with Gasteiger partial charge in [0, 0.05) is 0 Å². The van der Waals surface area contributed by atoms with Gasteiger partial charge in [0.05, 0.1) is 17.7 Å². The molecule has 1 atom stereocenters. The van der Waals surface area contributed by atoms with E-state index in [-0.39, 0.29) is 0 Å². The molecule has 1 N–H and O–H groups in total. The number of thioether (sulfide) groups is 1. The third-order valence-corrected chi connectivity index (χ3v) is 3.61. The molecule has 1 rings (SSSR count). The zero-order valence-electron chi connectivity index (χ0n) is 10.3. The number of aliphatic hydroxyl groups excluding tert-OH is 1. The molecule has 0 aromatic heterocycles. The monoisotopic (exact) mass is 274 g/mol. The summed E-state index contributed by atoms with van der Waals surface area (Å²) < 4.78 is 5.59. The van der Waals surface area contributed by atoms with Crippen LogP contribution in [0.15, 0.2) is 18.2 Å². The standard InChI is InChI=1S/C13H19ClO2S/c1-3-17-8-4-7-16-13-6-5-11(10(2)15)9-12(13)14/h5-6,9-10,15H,3-4,7-8H2,1-2H3/t10-/m1/s1. The van der Waals surface area contributed by atoms with Crippen molar-refractivity contribution < 1.29 is 9.84 Å². The van der Waals surface area contributed by atoms with E-state index in [1.54, 1.807) is 13.0 Å². The van der Waals surface area contributed by atoms with E-state index in [2.05, 4.69) is 6.92 Å². The van der Waals surface area contributed by atoms with Crippen LogP contribution in [-0.2, 0) is 0 Å². The third kappa shape index (κ3) is 5.19. The maximum Gasteiger partial charge on any atom is 0.137 e. The first-order chi connectivity index (χ1) is 8.15. The minimum Gasteiger partial charge on any atom is -0.492 e. The van der Waals surface area contributed by atoms with Crippen LogP contribution < -0.4 is 4.74 Å². The fourth-order valence-corrected chi connectivity index (χ4v) is 2.24. The van der Waals surface area contributed by atoms with Crippen molar-refractivity contribution in [3.63, 3.8) is 0 Å². The highest BCUT2D eigenvalue weighted by Crippen LogP contribution is 2.27. The Morgan fingerprint density at radius 3 is 2.82 bits per heavy atom. The minimum atomic E-state index is -0.498. The number of benzene rings is 1. The Hall–Kier alpha value is -0.380. The molecule has 0 spiro atoms. The molecule has 0 bridgehead atoms. The van der Waals surface area contributed by atoms with Gasteiger partial charge in [-0.25, -0.2) is 0 Å². The lowest BCUT2D eigenvalue weighted by atomic mass is 10.1. The molecular formula is C13H19ClO2S. The lowest BCUT2D eigenvalue weighted by Gasteiger charge is -2.10. The van der Waals surface area contributed by atoms with Crippen LogP contribution >= 0.6 is 23.4 Å². The molecule has 0 fully saturated rings. The smallest absolute Gasteiger partial charge is 0.137 e. The molecule has 0 unspecified atom stereocenters. The van der Waals surface area contributed by atoms with E-state index in [4.69, 9.17) is 16.3 Å². The zero-order chi connectivity index (χ0) is 12.7. The van der Waals surface area contributed by atoms with Crippen molar-refractivity contribution in [1.82, 2.24) is 0 Å².